The summed E-state index contributed by atoms with van der Waals surface area (Å²) in [6.07, 6.45) is 0.898. The zero-order valence-electron chi connectivity index (χ0n) is 11.5. The lowest BCUT2D eigenvalue weighted by Gasteiger charge is -2.07. The molecule has 1 amide bonds. The second-order valence-electron chi connectivity index (χ2n) is 4.54. The van der Waals surface area contributed by atoms with Crippen molar-refractivity contribution >= 4 is 23.0 Å². The second kappa shape index (κ2) is 6.04. The molecule has 0 aliphatic heterocycles. The third-order valence-corrected chi connectivity index (χ3v) is 3.08. The number of aryl methyl sites for hydroxylation is 1. The Kier molecular flexibility index (Phi) is 4.18. The third-order valence-electron chi connectivity index (χ3n) is 3.08. The number of hydrogen-bond donors (Lipinski definition) is 2. The molecule has 21 heavy (non-hydrogen) atoms. The lowest BCUT2D eigenvalue weighted by molar-refractivity contribution is -0.385. The van der Waals surface area contributed by atoms with Crippen LogP contribution in [0.25, 0.3) is 0 Å². The zero-order chi connectivity index (χ0) is 15.4. The van der Waals surface area contributed by atoms with E-state index in [0.29, 0.717) is 11.4 Å². The lowest BCUT2D eigenvalue weighted by atomic mass is 10.1. The smallest absolute Gasteiger partial charge is 0.282 e. The Morgan fingerprint density at radius 3 is 2.48 bits per heavy atom. The summed E-state index contributed by atoms with van der Waals surface area (Å²) in [7, 11) is 0. The first kappa shape index (κ1) is 14.5. The van der Waals surface area contributed by atoms with Gasteiger partial charge in [-0.1, -0.05) is 19.1 Å². The fourth-order valence-electron chi connectivity index (χ4n) is 1.92. The first-order valence-electron chi connectivity index (χ1n) is 6.45. The summed E-state index contributed by atoms with van der Waals surface area (Å²) in [5.74, 6) is -0.557. The highest BCUT2D eigenvalue weighted by Crippen LogP contribution is 2.22. The van der Waals surface area contributed by atoms with Crippen molar-refractivity contribution in [2.24, 2.45) is 0 Å². The monoisotopic (exact) mass is 285 g/mol. The van der Waals surface area contributed by atoms with Crippen LogP contribution in [-0.4, -0.2) is 10.8 Å². The van der Waals surface area contributed by atoms with Crippen molar-refractivity contribution in [1.29, 1.82) is 0 Å². The van der Waals surface area contributed by atoms with Crippen LogP contribution in [0, 0.1) is 10.1 Å². The second-order valence-corrected chi connectivity index (χ2v) is 4.54. The molecule has 0 aromatic heterocycles. The number of amides is 1. The fourth-order valence-corrected chi connectivity index (χ4v) is 1.92. The average Bonchev–Trinajstić information content (AvgIpc) is 2.47. The highest BCUT2D eigenvalue weighted by molar-refractivity contribution is 6.07. The summed E-state index contributed by atoms with van der Waals surface area (Å²) in [6, 6.07) is 11.2. The van der Waals surface area contributed by atoms with Crippen LogP contribution in [0.15, 0.2) is 42.5 Å². The molecule has 0 spiro atoms. The maximum atomic E-state index is 12.2. The van der Waals surface area contributed by atoms with Crippen molar-refractivity contribution in [2.45, 2.75) is 13.3 Å². The number of nitro groups is 1. The third kappa shape index (κ3) is 3.36. The Bertz CT molecular complexity index is 681. The molecule has 0 radical (unpaired) electrons. The molecule has 0 saturated carbocycles. The molecule has 0 unspecified atom stereocenters. The van der Waals surface area contributed by atoms with E-state index >= 15 is 0 Å². The summed E-state index contributed by atoms with van der Waals surface area (Å²) in [5.41, 5.74) is 7.28. The molecule has 0 aliphatic carbocycles. The standard InChI is InChI=1S/C15H15N3O3/c1-2-10-3-6-12(7-4-10)17-15(19)13-9-11(16)5-8-14(13)18(20)21/h3-9H,2,16H2,1H3,(H,17,19). The molecular weight excluding hydrogens is 270 g/mol. The Morgan fingerprint density at radius 2 is 1.90 bits per heavy atom. The predicted molar refractivity (Wildman–Crippen MR) is 81.3 cm³/mol. The number of nitrogens with zero attached hydrogens (tertiary/aromatic N) is 1. The summed E-state index contributed by atoms with van der Waals surface area (Å²) >= 11 is 0. The number of nitrogen functional groups attached to an aromatic ring is 1. The van der Waals surface area contributed by atoms with Crippen molar-refractivity contribution in [3.05, 3.63) is 63.7 Å². The average molecular weight is 285 g/mol. The van der Waals surface area contributed by atoms with E-state index in [4.69, 9.17) is 5.73 Å². The van der Waals surface area contributed by atoms with Gasteiger partial charge in [-0.3, -0.25) is 14.9 Å². The first-order valence-corrected chi connectivity index (χ1v) is 6.45. The van der Waals surface area contributed by atoms with Gasteiger partial charge in [-0.25, -0.2) is 0 Å². The molecule has 0 atom stereocenters. The van der Waals surface area contributed by atoms with Gasteiger partial charge < -0.3 is 11.1 Å². The van der Waals surface area contributed by atoms with Crippen molar-refractivity contribution in [3.8, 4) is 0 Å². The van der Waals surface area contributed by atoms with Gasteiger partial charge >= 0.3 is 0 Å². The molecule has 0 fully saturated rings. The normalized spacial score (nSPS) is 10.1. The number of rotatable bonds is 4. The lowest BCUT2D eigenvalue weighted by Crippen LogP contribution is -2.14. The number of hydrogen-bond acceptors (Lipinski definition) is 4. The SMILES string of the molecule is CCc1ccc(NC(=O)c2cc(N)ccc2[N+](=O)[O-])cc1. The van der Waals surface area contributed by atoms with Gasteiger partial charge in [0.25, 0.3) is 11.6 Å². The van der Waals surface area contributed by atoms with Gasteiger partial charge in [0.2, 0.25) is 0 Å². The quantitative estimate of drug-likeness (QED) is 0.512. The van der Waals surface area contributed by atoms with Crippen molar-refractivity contribution < 1.29 is 9.72 Å². The van der Waals surface area contributed by atoms with Crippen LogP contribution in [-0.2, 0) is 6.42 Å². The van der Waals surface area contributed by atoms with E-state index in [9.17, 15) is 14.9 Å². The predicted octanol–water partition coefficient (Wildman–Crippen LogP) is 2.99. The van der Waals surface area contributed by atoms with Gasteiger partial charge in [-0.2, -0.15) is 0 Å². The Balaban J connectivity index is 2.27. The van der Waals surface area contributed by atoms with Gasteiger partial charge in [-0.15, -0.1) is 0 Å². The minimum absolute atomic E-state index is 0.0560. The van der Waals surface area contributed by atoms with Crippen LogP contribution in [0.3, 0.4) is 0 Å². The largest absolute Gasteiger partial charge is 0.399 e. The van der Waals surface area contributed by atoms with Crippen molar-refractivity contribution in [2.75, 3.05) is 11.1 Å². The number of benzene rings is 2. The van der Waals surface area contributed by atoms with E-state index in [1.54, 1.807) is 12.1 Å². The zero-order valence-corrected chi connectivity index (χ0v) is 11.5. The van der Waals surface area contributed by atoms with Gasteiger partial charge in [0.15, 0.2) is 0 Å². The Hall–Kier alpha value is -2.89. The van der Waals surface area contributed by atoms with Crippen molar-refractivity contribution in [1.82, 2.24) is 0 Å². The van der Waals surface area contributed by atoms with Crippen molar-refractivity contribution in [3.63, 3.8) is 0 Å². The fraction of sp³-hybridized carbons (Fsp3) is 0.133. The number of nitrogens with two attached hydrogens (primary N) is 1. The van der Waals surface area contributed by atoms with Gasteiger partial charge in [0.05, 0.1) is 4.92 Å². The van der Waals surface area contributed by atoms with Crippen LogP contribution in [0.4, 0.5) is 17.1 Å². The molecule has 6 heteroatoms. The molecule has 2 aromatic rings. The molecular formula is C15H15N3O3. The van der Waals surface area contributed by atoms with Gasteiger partial charge in [0.1, 0.15) is 5.56 Å². The molecule has 0 bridgehead atoms. The molecule has 108 valence electrons. The molecule has 6 nitrogen and oxygen atoms in total. The minimum Gasteiger partial charge on any atom is -0.399 e. The summed E-state index contributed by atoms with van der Waals surface area (Å²) in [4.78, 5) is 22.5. The minimum atomic E-state index is -0.603. The number of nitrogens with one attached hydrogen (secondary N) is 1. The van der Waals surface area contributed by atoms with E-state index in [2.05, 4.69) is 5.32 Å². The molecule has 0 heterocycles. The maximum absolute atomic E-state index is 12.2. The number of carbonyl (C=O) groups excluding carboxylic acids is 1. The molecule has 0 saturated heterocycles. The van der Waals surface area contributed by atoms with Gasteiger partial charge in [0, 0.05) is 17.4 Å². The van der Waals surface area contributed by atoms with Crippen LogP contribution in [0.5, 0.6) is 0 Å². The topological polar surface area (TPSA) is 98.3 Å². The van der Waals surface area contributed by atoms with Crippen LogP contribution >= 0.6 is 0 Å². The summed E-state index contributed by atoms with van der Waals surface area (Å²) in [5, 5.41) is 13.6. The molecule has 2 aromatic carbocycles. The van der Waals surface area contributed by atoms with Crippen LogP contribution in [0.2, 0.25) is 0 Å². The molecule has 0 aliphatic rings. The Labute approximate surface area is 121 Å². The van der Waals surface area contributed by atoms with E-state index in [0.717, 1.165) is 12.0 Å². The van der Waals surface area contributed by atoms with E-state index in [1.165, 1.54) is 18.2 Å². The highest BCUT2D eigenvalue weighted by Gasteiger charge is 2.20. The molecule has 3 N–H and O–H groups in total. The van der Waals surface area contributed by atoms with E-state index < -0.39 is 10.8 Å². The number of carbonyl (C=O) groups is 1. The van der Waals surface area contributed by atoms with E-state index in [1.807, 2.05) is 19.1 Å². The first-order chi connectivity index (χ1) is 10.0. The summed E-state index contributed by atoms with van der Waals surface area (Å²) < 4.78 is 0. The highest BCUT2D eigenvalue weighted by atomic mass is 16.6. The van der Waals surface area contributed by atoms with E-state index in [-0.39, 0.29) is 11.3 Å². The van der Waals surface area contributed by atoms with Crippen LogP contribution < -0.4 is 11.1 Å². The van der Waals surface area contributed by atoms with Gasteiger partial charge in [-0.05, 0) is 36.2 Å². The molecule has 2 rings (SSSR count). The number of nitro benzene ring substituents is 1. The van der Waals surface area contributed by atoms with Crippen LogP contribution in [0.1, 0.15) is 22.8 Å². The Morgan fingerprint density at radius 1 is 1.24 bits per heavy atom. The summed E-state index contributed by atoms with van der Waals surface area (Å²) in [6.45, 7) is 2.03. The maximum Gasteiger partial charge on any atom is 0.282 e. The number of anilines is 2.